The molecule has 1 fully saturated rings. The number of rotatable bonds is 5. The van der Waals surface area contributed by atoms with E-state index in [4.69, 9.17) is 5.73 Å². The molecule has 1 aliphatic rings. The smallest absolute Gasteiger partial charge is 0.239 e. The first kappa shape index (κ1) is 14.3. The predicted octanol–water partition coefficient (Wildman–Crippen LogP) is -0.374. The molecule has 0 unspecified atom stereocenters. The molecule has 1 amide bonds. The van der Waals surface area contributed by atoms with Crippen molar-refractivity contribution in [3.63, 3.8) is 0 Å². The quantitative estimate of drug-likeness (QED) is 0.758. The molecule has 3 N–H and O–H groups in total. The fourth-order valence-electron chi connectivity index (χ4n) is 2.15. The Morgan fingerprint density at radius 3 is 2.65 bits per heavy atom. The second-order valence-electron chi connectivity index (χ2n) is 4.68. The lowest BCUT2D eigenvalue weighted by Crippen LogP contribution is -2.37. The van der Waals surface area contributed by atoms with E-state index < -0.39 is 0 Å². The number of anilines is 3. The molecule has 1 aliphatic heterocycles. The molecule has 1 saturated heterocycles. The first-order valence-corrected chi connectivity index (χ1v) is 6.86. The van der Waals surface area contributed by atoms with E-state index in [-0.39, 0.29) is 18.4 Å². The van der Waals surface area contributed by atoms with Gasteiger partial charge in [-0.05, 0) is 19.8 Å². The second kappa shape index (κ2) is 6.36. The minimum absolute atomic E-state index is 0.0893. The number of nitrogens with one attached hydrogen (secondary N) is 1. The molecule has 8 heteroatoms. The number of nitrogens with zero attached hydrogens (tertiary/aromatic N) is 5. The van der Waals surface area contributed by atoms with Crippen molar-refractivity contribution in [1.82, 2.24) is 20.3 Å². The zero-order valence-corrected chi connectivity index (χ0v) is 12.0. The van der Waals surface area contributed by atoms with Crippen LogP contribution in [0.4, 0.5) is 17.8 Å². The first-order valence-electron chi connectivity index (χ1n) is 6.86. The molecule has 20 heavy (non-hydrogen) atoms. The number of nitrogens with two attached hydrogens (primary N) is 1. The summed E-state index contributed by atoms with van der Waals surface area (Å²) in [6, 6.07) is 0. The Morgan fingerprint density at radius 2 is 2.05 bits per heavy atom. The molecule has 0 radical (unpaired) electrons. The molecule has 0 saturated carbocycles. The van der Waals surface area contributed by atoms with Crippen LogP contribution in [0.25, 0.3) is 0 Å². The Bertz CT molecular complexity index is 473. The SMILES string of the molecule is CCN(CC(=O)NC)c1nc(N)nc(N2CCCC2)n1. The van der Waals surface area contributed by atoms with Crippen LogP contribution in [0.2, 0.25) is 0 Å². The van der Waals surface area contributed by atoms with Gasteiger partial charge in [-0.25, -0.2) is 0 Å². The van der Waals surface area contributed by atoms with E-state index in [0.717, 1.165) is 25.9 Å². The Balaban J connectivity index is 2.22. The molecule has 1 aromatic heterocycles. The molecule has 1 aromatic rings. The van der Waals surface area contributed by atoms with Crippen molar-refractivity contribution in [2.45, 2.75) is 19.8 Å². The van der Waals surface area contributed by atoms with E-state index in [2.05, 4.69) is 25.2 Å². The second-order valence-corrected chi connectivity index (χ2v) is 4.68. The van der Waals surface area contributed by atoms with Gasteiger partial charge in [-0.15, -0.1) is 0 Å². The van der Waals surface area contributed by atoms with Crippen molar-refractivity contribution in [3.05, 3.63) is 0 Å². The summed E-state index contributed by atoms with van der Waals surface area (Å²) in [5, 5.41) is 2.59. The lowest BCUT2D eigenvalue weighted by atomic mass is 10.4. The number of aromatic nitrogens is 3. The highest BCUT2D eigenvalue weighted by atomic mass is 16.1. The standard InChI is InChI=1S/C12H21N7O/c1-3-18(8-9(20)14-2)11-15-10(13)16-12(17-11)19-6-4-5-7-19/h3-8H2,1-2H3,(H,14,20)(H2,13,15,16,17). The van der Waals surface area contributed by atoms with Gasteiger partial charge in [-0.1, -0.05) is 0 Å². The lowest BCUT2D eigenvalue weighted by Gasteiger charge is -2.22. The van der Waals surface area contributed by atoms with E-state index in [1.807, 2.05) is 6.92 Å². The first-order chi connectivity index (χ1) is 9.63. The maximum absolute atomic E-state index is 11.5. The molecule has 0 spiro atoms. The van der Waals surface area contributed by atoms with Gasteiger partial charge in [-0.3, -0.25) is 4.79 Å². The van der Waals surface area contributed by atoms with Crippen LogP contribution in [0.1, 0.15) is 19.8 Å². The minimum atomic E-state index is -0.0893. The molecule has 0 bridgehead atoms. The molecule has 0 atom stereocenters. The average Bonchev–Trinajstić information content (AvgIpc) is 2.97. The van der Waals surface area contributed by atoms with Crippen LogP contribution in [0.15, 0.2) is 0 Å². The van der Waals surface area contributed by atoms with Crippen LogP contribution in [-0.4, -0.2) is 54.1 Å². The summed E-state index contributed by atoms with van der Waals surface area (Å²) in [5.41, 5.74) is 5.77. The normalized spacial score (nSPS) is 14.4. The zero-order chi connectivity index (χ0) is 14.5. The van der Waals surface area contributed by atoms with Crippen LogP contribution in [0.5, 0.6) is 0 Å². The van der Waals surface area contributed by atoms with Crippen LogP contribution < -0.4 is 20.9 Å². The Hall–Kier alpha value is -2.12. The summed E-state index contributed by atoms with van der Waals surface area (Å²) >= 11 is 0. The summed E-state index contributed by atoms with van der Waals surface area (Å²) in [4.78, 5) is 28.2. The number of hydrogen-bond donors (Lipinski definition) is 2. The molecule has 0 aliphatic carbocycles. The number of nitrogen functional groups attached to an aromatic ring is 1. The molecule has 2 heterocycles. The number of likely N-dealkylation sites (N-methyl/N-ethyl adjacent to an activating group) is 2. The topological polar surface area (TPSA) is 100 Å². The van der Waals surface area contributed by atoms with E-state index in [1.54, 1.807) is 11.9 Å². The van der Waals surface area contributed by atoms with Crippen LogP contribution in [0, 0.1) is 0 Å². The number of carbonyl (C=O) groups is 1. The molecule has 0 aromatic carbocycles. The van der Waals surface area contributed by atoms with Crippen molar-refractivity contribution in [2.75, 3.05) is 48.8 Å². The fraction of sp³-hybridized carbons (Fsp3) is 0.667. The predicted molar refractivity (Wildman–Crippen MR) is 77.6 cm³/mol. The summed E-state index contributed by atoms with van der Waals surface area (Å²) in [6.07, 6.45) is 2.27. The van der Waals surface area contributed by atoms with Crippen molar-refractivity contribution in [3.8, 4) is 0 Å². The largest absolute Gasteiger partial charge is 0.368 e. The number of amides is 1. The van der Waals surface area contributed by atoms with Gasteiger partial charge in [-0.2, -0.15) is 15.0 Å². The third-order valence-corrected chi connectivity index (χ3v) is 3.30. The van der Waals surface area contributed by atoms with Crippen LogP contribution in [-0.2, 0) is 4.79 Å². The van der Waals surface area contributed by atoms with Gasteiger partial charge in [0.15, 0.2) is 0 Å². The van der Waals surface area contributed by atoms with Crippen molar-refractivity contribution < 1.29 is 4.79 Å². The maximum Gasteiger partial charge on any atom is 0.239 e. The van der Waals surface area contributed by atoms with Crippen molar-refractivity contribution in [1.29, 1.82) is 0 Å². The third-order valence-electron chi connectivity index (χ3n) is 3.30. The van der Waals surface area contributed by atoms with E-state index in [0.29, 0.717) is 18.4 Å². The van der Waals surface area contributed by atoms with Gasteiger partial charge >= 0.3 is 0 Å². The Morgan fingerprint density at radius 1 is 1.35 bits per heavy atom. The highest BCUT2D eigenvalue weighted by molar-refractivity contribution is 5.80. The zero-order valence-electron chi connectivity index (χ0n) is 12.0. The van der Waals surface area contributed by atoms with Gasteiger partial charge in [0.25, 0.3) is 0 Å². The van der Waals surface area contributed by atoms with Crippen LogP contribution in [0.3, 0.4) is 0 Å². The summed E-state index contributed by atoms with van der Waals surface area (Å²) in [5.74, 6) is 1.15. The van der Waals surface area contributed by atoms with Gasteiger partial charge in [0.05, 0.1) is 6.54 Å². The molecular weight excluding hydrogens is 258 g/mol. The van der Waals surface area contributed by atoms with E-state index >= 15 is 0 Å². The Kier molecular flexibility index (Phi) is 4.54. The van der Waals surface area contributed by atoms with Crippen molar-refractivity contribution in [2.24, 2.45) is 0 Å². The Labute approximate surface area is 118 Å². The highest BCUT2D eigenvalue weighted by Crippen LogP contribution is 2.19. The van der Waals surface area contributed by atoms with E-state index in [9.17, 15) is 4.79 Å². The van der Waals surface area contributed by atoms with Gasteiger partial charge < -0.3 is 20.9 Å². The average molecular weight is 279 g/mol. The van der Waals surface area contributed by atoms with Gasteiger partial charge in [0.1, 0.15) is 0 Å². The maximum atomic E-state index is 11.5. The van der Waals surface area contributed by atoms with Gasteiger partial charge in [0.2, 0.25) is 23.8 Å². The minimum Gasteiger partial charge on any atom is -0.368 e. The van der Waals surface area contributed by atoms with Crippen molar-refractivity contribution >= 4 is 23.8 Å². The summed E-state index contributed by atoms with van der Waals surface area (Å²) in [7, 11) is 1.60. The van der Waals surface area contributed by atoms with E-state index in [1.165, 1.54) is 0 Å². The molecular formula is C12H21N7O. The molecule has 8 nitrogen and oxygen atoms in total. The fourth-order valence-corrected chi connectivity index (χ4v) is 2.15. The monoisotopic (exact) mass is 279 g/mol. The highest BCUT2D eigenvalue weighted by Gasteiger charge is 2.19. The summed E-state index contributed by atoms with van der Waals surface area (Å²) < 4.78 is 0. The van der Waals surface area contributed by atoms with Crippen LogP contribution >= 0.6 is 0 Å². The number of carbonyl (C=O) groups excluding carboxylic acids is 1. The molecule has 110 valence electrons. The third kappa shape index (κ3) is 3.25. The van der Waals surface area contributed by atoms with Gasteiger partial charge in [0, 0.05) is 26.7 Å². The molecule has 2 rings (SSSR count). The number of hydrogen-bond acceptors (Lipinski definition) is 7. The lowest BCUT2D eigenvalue weighted by molar-refractivity contribution is -0.119. The summed E-state index contributed by atoms with van der Waals surface area (Å²) in [6.45, 7) is 4.64.